The van der Waals surface area contributed by atoms with Gasteiger partial charge in [-0.3, -0.25) is 0 Å². The lowest BCUT2D eigenvalue weighted by Gasteiger charge is -2.06. The zero-order chi connectivity index (χ0) is 14.5. The van der Waals surface area contributed by atoms with Gasteiger partial charge in [-0.25, -0.2) is 4.39 Å². The highest BCUT2D eigenvalue weighted by Crippen LogP contribution is 2.21. The molecule has 0 spiro atoms. The minimum atomic E-state index is -0.381. The predicted octanol–water partition coefficient (Wildman–Crippen LogP) is 3.03. The Morgan fingerprint density at radius 3 is 2.75 bits per heavy atom. The molecule has 0 bridgehead atoms. The van der Waals surface area contributed by atoms with E-state index in [1.807, 2.05) is 12.1 Å². The Labute approximate surface area is 128 Å². The molecule has 1 heterocycles. The Kier molecular flexibility index (Phi) is 5.11. The summed E-state index contributed by atoms with van der Waals surface area (Å²) < 4.78 is 14.9. The Morgan fingerprint density at radius 2 is 2.15 bits per heavy atom. The van der Waals surface area contributed by atoms with Crippen LogP contribution in [0.15, 0.2) is 39.3 Å². The molecule has 20 heavy (non-hydrogen) atoms. The monoisotopic (exact) mass is 357 g/mol. The lowest BCUT2D eigenvalue weighted by Crippen LogP contribution is -2.16. The fourth-order valence-corrected chi connectivity index (χ4v) is 3.13. The van der Waals surface area contributed by atoms with Gasteiger partial charge in [-0.15, -0.1) is 11.3 Å². The molecule has 0 unspecified atom stereocenters. The van der Waals surface area contributed by atoms with E-state index < -0.39 is 0 Å². The third kappa shape index (κ3) is 3.78. The molecule has 1 aromatic heterocycles. The summed E-state index contributed by atoms with van der Waals surface area (Å²) in [6.45, 7) is 1.09. The van der Waals surface area contributed by atoms with Crippen LogP contribution in [0.25, 0.3) is 0 Å². The highest BCUT2D eigenvalue weighted by molar-refractivity contribution is 9.11. The van der Waals surface area contributed by atoms with Crippen molar-refractivity contribution < 1.29 is 9.60 Å². The van der Waals surface area contributed by atoms with E-state index in [0.29, 0.717) is 24.2 Å². The zero-order valence-electron chi connectivity index (χ0n) is 10.4. The van der Waals surface area contributed by atoms with Crippen molar-refractivity contribution in [3.8, 4) is 0 Å². The van der Waals surface area contributed by atoms with E-state index in [1.165, 1.54) is 10.9 Å². The van der Waals surface area contributed by atoms with Crippen LogP contribution in [-0.2, 0) is 13.1 Å². The quantitative estimate of drug-likeness (QED) is 0.333. The number of benzene rings is 1. The van der Waals surface area contributed by atoms with Crippen molar-refractivity contribution in [1.82, 2.24) is 5.32 Å². The van der Waals surface area contributed by atoms with Crippen molar-refractivity contribution in [1.29, 1.82) is 0 Å². The van der Waals surface area contributed by atoms with Crippen LogP contribution >= 0.6 is 27.3 Å². The summed E-state index contributed by atoms with van der Waals surface area (Å²) in [7, 11) is 0. The number of rotatable bonds is 5. The number of thiophene rings is 1. The average Bonchev–Trinajstić information content (AvgIpc) is 2.85. The molecule has 2 rings (SSSR count). The van der Waals surface area contributed by atoms with Gasteiger partial charge in [0.1, 0.15) is 5.82 Å². The molecule has 0 fully saturated rings. The zero-order valence-corrected chi connectivity index (χ0v) is 12.8. The summed E-state index contributed by atoms with van der Waals surface area (Å²) in [5.41, 5.74) is 6.30. The van der Waals surface area contributed by atoms with E-state index in [9.17, 15) is 4.39 Å². The van der Waals surface area contributed by atoms with Crippen molar-refractivity contribution in [2.24, 2.45) is 10.9 Å². The van der Waals surface area contributed by atoms with Gasteiger partial charge in [0, 0.05) is 29.1 Å². The molecule has 0 aliphatic rings. The lowest BCUT2D eigenvalue weighted by molar-refractivity contribution is 0.318. The molecule has 1 aromatic carbocycles. The predicted molar refractivity (Wildman–Crippen MR) is 81.5 cm³/mol. The first-order valence-corrected chi connectivity index (χ1v) is 7.42. The van der Waals surface area contributed by atoms with Crippen LogP contribution < -0.4 is 11.1 Å². The number of halogens is 2. The molecular weight excluding hydrogens is 345 g/mol. The summed E-state index contributed by atoms with van der Waals surface area (Å²) in [5, 5.41) is 14.6. The van der Waals surface area contributed by atoms with E-state index in [2.05, 4.69) is 26.4 Å². The molecular formula is C13H13BrFN3OS. The first-order valence-electron chi connectivity index (χ1n) is 5.81. The van der Waals surface area contributed by atoms with Gasteiger partial charge in [0.2, 0.25) is 0 Å². The molecule has 0 radical (unpaired) electrons. The number of amidine groups is 1. The van der Waals surface area contributed by atoms with Crippen molar-refractivity contribution in [2.75, 3.05) is 0 Å². The smallest absolute Gasteiger partial charge is 0.170 e. The van der Waals surface area contributed by atoms with Crippen LogP contribution in [0, 0.1) is 5.82 Å². The highest BCUT2D eigenvalue weighted by Gasteiger charge is 2.06. The van der Waals surface area contributed by atoms with Crippen LogP contribution in [0.5, 0.6) is 0 Å². The van der Waals surface area contributed by atoms with Gasteiger partial charge >= 0.3 is 0 Å². The van der Waals surface area contributed by atoms with Crippen LogP contribution in [0.2, 0.25) is 0 Å². The third-order valence-corrected chi connectivity index (χ3v) is 4.32. The van der Waals surface area contributed by atoms with Crippen molar-refractivity contribution >= 4 is 33.1 Å². The number of nitrogens with zero attached hydrogens (tertiary/aromatic N) is 1. The van der Waals surface area contributed by atoms with Gasteiger partial charge in [0.15, 0.2) is 5.84 Å². The molecule has 0 aliphatic heterocycles. The molecule has 7 heteroatoms. The molecule has 2 aromatic rings. The summed E-state index contributed by atoms with van der Waals surface area (Å²) in [6, 6.07) is 8.50. The first-order chi connectivity index (χ1) is 9.60. The van der Waals surface area contributed by atoms with Crippen molar-refractivity contribution in [3.05, 3.63) is 55.9 Å². The van der Waals surface area contributed by atoms with Crippen LogP contribution in [0.3, 0.4) is 0 Å². The fourth-order valence-electron chi connectivity index (χ4n) is 1.67. The number of hydrogen-bond acceptors (Lipinski definition) is 4. The van der Waals surface area contributed by atoms with Gasteiger partial charge in [-0.2, -0.15) is 0 Å². The molecule has 4 nitrogen and oxygen atoms in total. The van der Waals surface area contributed by atoms with Crippen LogP contribution in [0.1, 0.15) is 16.0 Å². The second kappa shape index (κ2) is 6.83. The largest absolute Gasteiger partial charge is 0.409 e. The SMILES string of the molecule is NC(=NO)c1ccc(CNCc2ccc(Br)s2)c(F)c1. The maximum Gasteiger partial charge on any atom is 0.170 e. The van der Waals surface area contributed by atoms with Gasteiger partial charge in [-0.1, -0.05) is 17.3 Å². The van der Waals surface area contributed by atoms with Gasteiger partial charge < -0.3 is 16.3 Å². The fraction of sp³-hybridized carbons (Fsp3) is 0.154. The second-order valence-electron chi connectivity index (χ2n) is 4.10. The van der Waals surface area contributed by atoms with E-state index in [-0.39, 0.29) is 11.7 Å². The average molecular weight is 358 g/mol. The van der Waals surface area contributed by atoms with Gasteiger partial charge in [0.05, 0.1) is 3.79 Å². The molecule has 0 aliphatic carbocycles. The molecule has 0 saturated heterocycles. The van der Waals surface area contributed by atoms with E-state index in [4.69, 9.17) is 10.9 Å². The summed E-state index contributed by atoms with van der Waals surface area (Å²) in [4.78, 5) is 1.17. The number of oxime groups is 1. The highest BCUT2D eigenvalue weighted by atomic mass is 79.9. The number of nitrogens with two attached hydrogens (primary N) is 1. The minimum absolute atomic E-state index is 0.105. The number of nitrogens with one attached hydrogen (secondary N) is 1. The van der Waals surface area contributed by atoms with Gasteiger partial charge in [-0.05, 0) is 34.1 Å². The Balaban J connectivity index is 1.96. The third-order valence-electron chi connectivity index (χ3n) is 2.70. The molecule has 0 amide bonds. The molecule has 0 saturated carbocycles. The Bertz CT molecular complexity index is 630. The normalized spacial score (nSPS) is 11.8. The summed E-state index contributed by atoms with van der Waals surface area (Å²) in [6.07, 6.45) is 0. The molecule has 106 valence electrons. The topological polar surface area (TPSA) is 70.6 Å². The molecule has 4 N–H and O–H groups in total. The second-order valence-corrected chi connectivity index (χ2v) is 6.65. The van der Waals surface area contributed by atoms with E-state index >= 15 is 0 Å². The summed E-state index contributed by atoms with van der Waals surface area (Å²) in [5.74, 6) is -0.485. The molecule has 0 atom stereocenters. The lowest BCUT2D eigenvalue weighted by atomic mass is 10.1. The van der Waals surface area contributed by atoms with E-state index in [0.717, 1.165) is 3.79 Å². The van der Waals surface area contributed by atoms with Gasteiger partial charge in [0.25, 0.3) is 0 Å². The summed E-state index contributed by atoms with van der Waals surface area (Å²) >= 11 is 5.03. The van der Waals surface area contributed by atoms with Crippen LogP contribution in [0.4, 0.5) is 4.39 Å². The maximum atomic E-state index is 13.8. The first kappa shape index (κ1) is 15.0. The number of hydrogen-bond donors (Lipinski definition) is 3. The van der Waals surface area contributed by atoms with Crippen molar-refractivity contribution in [2.45, 2.75) is 13.1 Å². The van der Waals surface area contributed by atoms with Crippen molar-refractivity contribution in [3.63, 3.8) is 0 Å². The Morgan fingerprint density at radius 1 is 1.35 bits per heavy atom. The Hall–Kier alpha value is -1.44. The minimum Gasteiger partial charge on any atom is -0.409 e. The maximum absolute atomic E-state index is 13.8. The standard InChI is InChI=1S/C13H13BrFN3OS/c14-12-4-3-10(20-12)7-17-6-9-2-1-8(5-11(9)15)13(16)18-19/h1-5,17,19H,6-7H2,(H2,16,18). The van der Waals surface area contributed by atoms with Crippen LogP contribution in [-0.4, -0.2) is 11.0 Å². The van der Waals surface area contributed by atoms with E-state index in [1.54, 1.807) is 23.5 Å².